The molecule has 156 valence electrons. The summed E-state index contributed by atoms with van der Waals surface area (Å²) >= 11 is 0. The van der Waals surface area contributed by atoms with Gasteiger partial charge in [0.05, 0.1) is 0 Å². The van der Waals surface area contributed by atoms with Gasteiger partial charge in [0.25, 0.3) is 0 Å². The summed E-state index contributed by atoms with van der Waals surface area (Å²) in [6, 6.07) is 8.35. The van der Waals surface area contributed by atoms with Gasteiger partial charge in [-0.05, 0) is 36.8 Å². The SMILES string of the molecule is C=CCCCCCN(C)C(=NC)NCc1ccccc1CN1CCCC1=O.I. The molecule has 0 aromatic heterocycles. The van der Waals surface area contributed by atoms with Crippen LogP contribution in [0.3, 0.4) is 0 Å². The molecule has 0 spiro atoms. The van der Waals surface area contributed by atoms with Crippen LogP contribution in [0, 0.1) is 0 Å². The molecule has 1 aromatic rings. The maximum absolute atomic E-state index is 11.9. The maximum atomic E-state index is 11.9. The van der Waals surface area contributed by atoms with Crippen LogP contribution in [-0.2, 0) is 17.9 Å². The Morgan fingerprint density at radius 2 is 2.04 bits per heavy atom. The predicted octanol–water partition coefficient (Wildman–Crippen LogP) is 4.18. The number of aliphatic imine (C=N–C) groups is 1. The van der Waals surface area contributed by atoms with E-state index in [2.05, 4.69) is 47.0 Å². The van der Waals surface area contributed by atoms with Gasteiger partial charge in [0, 0.05) is 46.7 Å². The lowest BCUT2D eigenvalue weighted by molar-refractivity contribution is -0.128. The lowest BCUT2D eigenvalue weighted by atomic mass is 10.1. The number of rotatable bonds is 10. The van der Waals surface area contributed by atoms with Crippen LogP contribution in [0.25, 0.3) is 0 Å². The van der Waals surface area contributed by atoms with Gasteiger partial charge in [-0.2, -0.15) is 0 Å². The summed E-state index contributed by atoms with van der Waals surface area (Å²) in [5.41, 5.74) is 2.43. The van der Waals surface area contributed by atoms with Crippen LogP contribution in [0.4, 0.5) is 0 Å². The number of likely N-dealkylation sites (tertiary alicyclic amines) is 1. The number of nitrogens with zero attached hydrogens (tertiary/aromatic N) is 3. The van der Waals surface area contributed by atoms with E-state index in [4.69, 9.17) is 0 Å². The van der Waals surface area contributed by atoms with E-state index in [1.807, 2.05) is 24.1 Å². The topological polar surface area (TPSA) is 47.9 Å². The number of nitrogens with one attached hydrogen (secondary N) is 1. The summed E-state index contributed by atoms with van der Waals surface area (Å²) < 4.78 is 0. The minimum atomic E-state index is 0. The molecule has 6 heteroatoms. The maximum Gasteiger partial charge on any atom is 0.222 e. The van der Waals surface area contributed by atoms with Crippen molar-refractivity contribution in [3.63, 3.8) is 0 Å². The second-order valence-corrected chi connectivity index (χ2v) is 7.15. The lowest BCUT2D eigenvalue weighted by Gasteiger charge is -2.23. The van der Waals surface area contributed by atoms with Crippen LogP contribution in [0.5, 0.6) is 0 Å². The van der Waals surface area contributed by atoms with Gasteiger partial charge >= 0.3 is 0 Å². The molecule has 0 radical (unpaired) electrons. The molecule has 0 saturated carbocycles. The first kappa shape index (κ1) is 24.5. The fourth-order valence-electron chi connectivity index (χ4n) is 3.44. The zero-order valence-corrected chi connectivity index (χ0v) is 19.7. The highest BCUT2D eigenvalue weighted by atomic mass is 127. The third-order valence-electron chi connectivity index (χ3n) is 5.06. The number of benzene rings is 1. The summed E-state index contributed by atoms with van der Waals surface area (Å²) in [5, 5.41) is 3.47. The Hall–Kier alpha value is -1.57. The van der Waals surface area contributed by atoms with Crippen molar-refractivity contribution in [3.05, 3.63) is 48.0 Å². The van der Waals surface area contributed by atoms with E-state index in [-0.39, 0.29) is 29.9 Å². The van der Waals surface area contributed by atoms with Crippen LogP contribution in [-0.4, -0.2) is 48.9 Å². The van der Waals surface area contributed by atoms with Crippen molar-refractivity contribution in [2.75, 3.05) is 27.2 Å². The molecule has 2 rings (SSSR count). The molecular weight excluding hydrogens is 463 g/mol. The number of unbranched alkanes of at least 4 members (excludes halogenated alkanes) is 3. The van der Waals surface area contributed by atoms with E-state index in [0.29, 0.717) is 19.5 Å². The van der Waals surface area contributed by atoms with Gasteiger partial charge in [-0.25, -0.2) is 0 Å². The van der Waals surface area contributed by atoms with Crippen molar-refractivity contribution in [2.24, 2.45) is 4.99 Å². The Labute approximate surface area is 187 Å². The van der Waals surface area contributed by atoms with Gasteiger partial charge < -0.3 is 15.1 Å². The first-order valence-corrected chi connectivity index (χ1v) is 10.0. The molecule has 5 nitrogen and oxygen atoms in total. The number of carbonyl (C=O) groups excluding carboxylic acids is 1. The van der Waals surface area contributed by atoms with E-state index in [1.54, 1.807) is 0 Å². The van der Waals surface area contributed by atoms with Crippen LogP contribution in [0.2, 0.25) is 0 Å². The zero-order valence-electron chi connectivity index (χ0n) is 17.3. The number of hydrogen-bond acceptors (Lipinski definition) is 2. The van der Waals surface area contributed by atoms with E-state index in [1.165, 1.54) is 24.0 Å². The number of allylic oxidation sites excluding steroid dienone is 1. The van der Waals surface area contributed by atoms with Crippen molar-refractivity contribution in [1.82, 2.24) is 15.1 Å². The van der Waals surface area contributed by atoms with Gasteiger partial charge in [-0.15, -0.1) is 30.6 Å². The first-order valence-electron chi connectivity index (χ1n) is 10.0. The molecule has 1 saturated heterocycles. The molecular formula is C22H35IN4O. The minimum Gasteiger partial charge on any atom is -0.352 e. The fourth-order valence-corrected chi connectivity index (χ4v) is 3.44. The standard InChI is InChI=1S/C22H34N4O.HI/c1-4-5-6-7-10-15-25(3)22(23-2)24-17-19-12-8-9-13-20(19)18-26-16-11-14-21(26)27;/h4,8-9,12-13H,1,5-7,10-11,14-18H2,2-3H3,(H,23,24);1H. The number of hydrogen-bond donors (Lipinski definition) is 1. The Balaban J connectivity index is 0.00000392. The molecule has 1 heterocycles. The summed E-state index contributed by atoms with van der Waals surface area (Å²) in [6.07, 6.45) is 8.29. The summed E-state index contributed by atoms with van der Waals surface area (Å²) in [6.45, 7) is 7.05. The van der Waals surface area contributed by atoms with Crippen LogP contribution in [0.1, 0.15) is 49.7 Å². The van der Waals surface area contributed by atoms with Crippen molar-refractivity contribution < 1.29 is 4.79 Å². The molecule has 1 aliphatic rings. The van der Waals surface area contributed by atoms with Crippen molar-refractivity contribution in [3.8, 4) is 0 Å². The Morgan fingerprint density at radius 3 is 2.68 bits per heavy atom. The highest BCUT2D eigenvalue weighted by Gasteiger charge is 2.20. The second-order valence-electron chi connectivity index (χ2n) is 7.15. The van der Waals surface area contributed by atoms with Crippen molar-refractivity contribution in [1.29, 1.82) is 0 Å². The van der Waals surface area contributed by atoms with Crippen LogP contribution in [0.15, 0.2) is 41.9 Å². The van der Waals surface area contributed by atoms with E-state index in [0.717, 1.165) is 38.3 Å². The molecule has 1 aliphatic heterocycles. The van der Waals surface area contributed by atoms with Gasteiger partial charge in [0.15, 0.2) is 5.96 Å². The Kier molecular flexibility index (Phi) is 11.9. The first-order chi connectivity index (χ1) is 13.2. The van der Waals surface area contributed by atoms with Crippen molar-refractivity contribution >= 4 is 35.8 Å². The largest absolute Gasteiger partial charge is 0.352 e. The normalized spacial score (nSPS) is 14.0. The molecule has 1 aromatic carbocycles. The third kappa shape index (κ3) is 7.81. The van der Waals surface area contributed by atoms with Crippen molar-refractivity contribution in [2.45, 2.75) is 51.6 Å². The number of guanidine groups is 1. The fraction of sp³-hybridized carbons (Fsp3) is 0.545. The summed E-state index contributed by atoms with van der Waals surface area (Å²) in [4.78, 5) is 20.5. The van der Waals surface area contributed by atoms with E-state index < -0.39 is 0 Å². The predicted molar refractivity (Wildman–Crippen MR) is 128 cm³/mol. The number of halogens is 1. The number of amides is 1. The molecule has 28 heavy (non-hydrogen) atoms. The summed E-state index contributed by atoms with van der Waals surface area (Å²) in [5.74, 6) is 1.18. The summed E-state index contributed by atoms with van der Waals surface area (Å²) in [7, 11) is 3.91. The van der Waals surface area contributed by atoms with Gasteiger partial charge in [-0.1, -0.05) is 36.8 Å². The number of carbonyl (C=O) groups is 1. The smallest absolute Gasteiger partial charge is 0.222 e. The molecule has 1 N–H and O–H groups in total. The molecule has 1 fully saturated rings. The molecule has 0 bridgehead atoms. The quantitative estimate of drug-likeness (QED) is 0.173. The second kappa shape index (κ2) is 13.6. The average Bonchev–Trinajstić information content (AvgIpc) is 3.08. The zero-order chi connectivity index (χ0) is 19.5. The monoisotopic (exact) mass is 498 g/mol. The molecule has 1 amide bonds. The Morgan fingerprint density at radius 1 is 1.29 bits per heavy atom. The average molecular weight is 498 g/mol. The molecule has 0 atom stereocenters. The highest BCUT2D eigenvalue weighted by Crippen LogP contribution is 2.17. The lowest BCUT2D eigenvalue weighted by Crippen LogP contribution is -2.39. The molecule has 0 unspecified atom stereocenters. The van der Waals surface area contributed by atoms with Gasteiger partial charge in [0.2, 0.25) is 5.91 Å². The van der Waals surface area contributed by atoms with Crippen LogP contribution < -0.4 is 5.32 Å². The minimum absolute atomic E-state index is 0. The van der Waals surface area contributed by atoms with E-state index in [9.17, 15) is 4.79 Å². The third-order valence-corrected chi connectivity index (χ3v) is 5.06. The molecule has 0 aliphatic carbocycles. The van der Waals surface area contributed by atoms with Gasteiger partial charge in [0.1, 0.15) is 0 Å². The van der Waals surface area contributed by atoms with Crippen LogP contribution >= 0.6 is 24.0 Å². The van der Waals surface area contributed by atoms with E-state index >= 15 is 0 Å². The Bertz CT molecular complexity index is 647. The van der Waals surface area contributed by atoms with Gasteiger partial charge in [-0.3, -0.25) is 9.79 Å². The highest BCUT2D eigenvalue weighted by molar-refractivity contribution is 14.0.